The number of hydrogen-bond donors (Lipinski definition) is 2. The lowest BCUT2D eigenvalue weighted by molar-refractivity contribution is 0.0650. The van der Waals surface area contributed by atoms with Crippen molar-refractivity contribution in [3.8, 4) is 0 Å². The third-order valence-electron chi connectivity index (χ3n) is 0.471. The summed E-state index contributed by atoms with van der Waals surface area (Å²) in [5.41, 5.74) is 0. The maximum Gasteiger partial charge on any atom is 0.0698 e. The molecule has 0 fully saturated rings. The van der Waals surface area contributed by atoms with Crippen molar-refractivity contribution in [2.24, 2.45) is 0 Å². The first kappa shape index (κ1) is 22.7. The average molecular weight is 190 g/mol. The zero-order valence-electron chi connectivity index (χ0n) is 8.37. The van der Waals surface area contributed by atoms with Crippen LogP contribution in [0, 0.1) is 0 Å². The van der Waals surface area contributed by atoms with Gasteiger partial charge in [-0.2, -0.15) is 0 Å². The zero-order valence-corrected chi connectivity index (χ0v) is 8.37. The van der Waals surface area contributed by atoms with Crippen molar-refractivity contribution in [2.45, 2.75) is 0 Å². The number of rotatable bonds is 4. The van der Waals surface area contributed by atoms with Gasteiger partial charge >= 0.3 is 0 Å². The van der Waals surface area contributed by atoms with Crippen LogP contribution in [0.1, 0.15) is 0 Å². The van der Waals surface area contributed by atoms with Crippen LogP contribution in [-0.4, -0.2) is 36.6 Å². The Hall–Kier alpha value is -0.900. The second kappa shape index (κ2) is 67.4. The molecule has 0 aliphatic rings. The molecule has 0 aromatic rings. The summed E-state index contributed by atoms with van der Waals surface area (Å²) >= 11 is 0. The Labute approximate surface area is 81.7 Å². The smallest absolute Gasteiger partial charge is 0.0698 e. The number of aliphatic hydroxyl groups is 2. The fourth-order valence-corrected chi connectivity index (χ4v) is 0.231. The first-order chi connectivity index (χ1) is 6.41. The van der Waals surface area contributed by atoms with Crippen LogP contribution in [0.25, 0.3) is 0 Å². The fourth-order valence-electron chi connectivity index (χ4n) is 0.231. The molecule has 3 nitrogen and oxygen atoms in total. The number of ether oxygens (including phenoxy) is 1. The Morgan fingerprint density at radius 3 is 1.08 bits per heavy atom. The van der Waals surface area contributed by atoms with E-state index < -0.39 is 0 Å². The second-order valence-corrected chi connectivity index (χ2v) is 1.06. The fraction of sp³-hybridized carbons (Fsp3) is 0.400. The van der Waals surface area contributed by atoms with Crippen LogP contribution in [0.4, 0.5) is 0 Å². The molecular formula is C10H22O3. The summed E-state index contributed by atoms with van der Waals surface area (Å²) < 4.78 is 4.63. The topological polar surface area (TPSA) is 49.7 Å². The standard InChI is InChI=1S/C4H10O3.3C2H4/c5-1-3-7-4-2-6;3*1-2/h5-6H,1-4H2;3*1-2H2. The largest absolute Gasteiger partial charge is 0.394 e. The van der Waals surface area contributed by atoms with Crippen molar-refractivity contribution in [3.05, 3.63) is 39.5 Å². The van der Waals surface area contributed by atoms with Crippen molar-refractivity contribution in [1.29, 1.82) is 0 Å². The van der Waals surface area contributed by atoms with E-state index in [-0.39, 0.29) is 13.2 Å². The van der Waals surface area contributed by atoms with E-state index in [0.717, 1.165) is 0 Å². The van der Waals surface area contributed by atoms with E-state index in [2.05, 4.69) is 44.2 Å². The minimum Gasteiger partial charge on any atom is -0.394 e. The van der Waals surface area contributed by atoms with E-state index >= 15 is 0 Å². The van der Waals surface area contributed by atoms with Gasteiger partial charge in [0.25, 0.3) is 0 Å². The summed E-state index contributed by atoms with van der Waals surface area (Å²) in [4.78, 5) is 0. The predicted molar refractivity (Wildman–Crippen MR) is 58.8 cm³/mol. The maximum absolute atomic E-state index is 8.09. The molecule has 0 atom stereocenters. The lowest BCUT2D eigenvalue weighted by atomic mass is 10.7. The molecule has 0 bridgehead atoms. The quantitative estimate of drug-likeness (QED) is 0.520. The molecule has 0 saturated carbocycles. The van der Waals surface area contributed by atoms with E-state index in [1.165, 1.54) is 0 Å². The van der Waals surface area contributed by atoms with Gasteiger partial charge in [0.05, 0.1) is 26.4 Å². The molecule has 0 aromatic carbocycles. The average Bonchev–Trinajstić information content (AvgIpc) is 2.27. The third-order valence-corrected chi connectivity index (χ3v) is 0.471. The summed E-state index contributed by atoms with van der Waals surface area (Å²) in [5, 5.41) is 16.2. The van der Waals surface area contributed by atoms with Crippen molar-refractivity contribution in [3.63, 3.8) is 0 Å². The van der Waals surface area contributed by atoms with E-state index in [4.69, 9.17) is 10.2 Å². The van der Waals surface area contributed by atoms with Crippen LogP contribution >= 0.6 is 0 Å². The molecule has 2 N–H and O–H groups in total. The zero-order chi connectivity index (χ0) is 11.5. The van der Waals surface area contributed by atoms with E-state index in [1.54, 1.807) is 0 Å². The second-order valence-electron chi connectivity index (χ2n) is 1.06. The normalized spacial score (nSPS) is 6.00. The van der Waals surface area contributed by atoms with Crippen LogP contribution in [0.5, 0.6) is 0 Å². The van der Waals surface area contributed by atoms with E-state index in [0.29, 0.717) is 13.2 Å². The van der Waals surface area contributed by atoms with Gasteiger partial charge in [0.1, 0.15) is 0 Å². The Balaban J connectivity index is -0.0000000573. The summed E-state index contributed by atoms with van der Waals surface area (Å²) in [6.45, 7) is 18.7. The summed E-state index contributed by atoms with van der Waals surface area (Å²) in [5.74, 6) is 0. The van der Waals surface area contributed by atoms with Crippen molar-refractivity contribution < 1.29 is 14.9 Å². The lowest BCUT2D eigenvalue weighted by Gasteiger charge is -1.94. The van der Waals surface area contributed by atoms with Gasteiger partial charge in [-0.1, -0.05) is 0 Å². The molecule has 80 valence electrons. The van der Waals surface area contributed by atoms with Gasteiger partial charge < -0.3 is 14.9 Å². The highest BCUT2D eigenvalue weighted by atomic mass is 16.5. The minimum atomic E-state index is 0.0278. The van der Waals surface area contributed by atoms with Gasteiger partial charge in [0.15, 0.2) is 0 Å². The molecule has 0 rings (SSSR count). The van der Waals surface area contributed by atoms with Crippen molar-refractivity contribution >= 4 is 0 Å². The summed E-state index contributed by atoms with van der Waals surface area (Å²) in [6, 6.07) is 0. The van der Waals surface area contributed by atoms with E-state index in [1.807, 2.05) is 0 Å². The molecule has 0 heterocycles. The molecule has 13 heavy (non-hydrogen) atoms. The Kier molecular flexibility index (Phi) is 118. The SMILES string of the molecule is C=C.C=C.C=C.OCCOCCO. The molecule has 0 radical (unpaired) electrons. The van der Waals surface area contributed by atoms with Crippen molar-refractivity contribution in [2.75, 3.05) is 26.4 Å². The Bertz CT molecular complexity index is 49.4. The highest BCUT2D eigenvalue weighted by molar-refractivity contribution is 4.24. The van der Waals surface area contributed by atoms with Crippen LogP contribution in [0.15, 0.2) is 39.5 Å². The minimum absolute atomic E-state index is 0.0278. The van der Waals surface area contributed by atoms with Gasteiger partial charge in [0, 0.05) is 0 Å². The van der Waals surface area contributed by atoms with Crippen molar-refractivity contribution in [1.82, 2.24) is 0 Å². The molecule has 0 spiro atoms. The lowest BCUT2D eigenvalue weighted by Crippen LogP contribution is -2.03. The van der Waals surface area contributed by atoms with Gasteiger partial charge in [-0.25, -0.2) is 0 Å². The Morgan fingerprint density at radius 1 is 0.692 bits per heavy atom. The number of aliphatic hydroxyl groups excluding tert-OH is 2. The monoisotopic (exact) mass is 190 g/mol. The maximum atomic E-state index is 8.09. The highest BCUT2D eigenvalue weighted by Crippen LogP contribution is 1.68. The Morgan fingerprint density at radius 2 is 0.923 bits per heavy atom. The van der Waals surface area contributed by atoms with Gasteiger partial charge in [0.2, 0.25) is 0 Å². The molecule has 0 amide bonds. The third kappa shape index (κ3) is 95.6. The molecule has 0 aliphatic heterocycles. The van der Waals surface area contributed by atoms with Gasteiger partial charge in [-0.3, -0.25) is 0 Å². The number of hydrogen-bond acceptors (Lipinski definition) is 3. The molecule has 3 heteroatoms. The van der Waals surface area contributed by atoms with Crippen LogP contribution in [0.2, 0.25) is 0 Å². The first-order valence-electron chi connectivity index (χ1n) is 3.71. The molecule has 0 aliphatic carbocycles. The van der Waals surface area contributed by atoms with Crippen LogP contribution in [-0.2, 0) is 4.74 Å². The van der Waals surface area contributed by atoms with Gasteiger partial charge in [-0.15, -0.1) is 39.5 Å². The summed E-state index contributed by atoms with van der Waals surface area (Å²) in [7, 11) is 0. The van der Waals surface area contributed by atoms with Crippen LogP contribution in [0.3, 0.4) is 0 Å². The predicted octanol–water partition coefficient (Wildman–Crippen LogP) is 1.39. The van der Waals surface area contributed by atoms with Gasteiger partial charge in [-0.05, 0) is 0 Å². The van der Waals surface area contributed by atoms with Crippen LogP contribution < -0.4 is 0 Å². The highest BCUT2D eigenvalue weighted by Gasteiger charge is 1.79. The molecule has 0 saturated heterocycles. The summed E-state index contributed by atoms with van der Waals surface area (Å²) in [6.07, 6.45) is 0. The van der Waals surface area contributed by atoms with E-state index in [9.17, 15) is 0 Å². The molecular weight excluding hydrogens is 168 g/mol. The first-order valence-corrected chi connectivity index (χ1v) is 3.71. The molecule has 0 unspecified atom stereocenters. The molecule has 0 aromatic heterocycles.